The molecule has 0 aromatic carbocycles. The zero-order valence-corrected chi connectivity index (χ0v) is 18.8. The van der Waals surface area contributed by atoms with Crippen molar-refractivity contribution in [3.63, 3.8) is 0 Å². The molecule has 0 aromatic heterocycles. The lowest BCUT2D eigenvalue weighted by Gasteiger charge is -2.32. The molecule has 0 spiro atoms. The topological polar surface area (TPSA) is 65.0 Å². The maximum absolute atomic E-state index is 11.7. The molecule has 3 saturated heterocycles. The van der Waals surface area contributed by atoms with Crippen molar-refractivity contribution in [1.29, 1.82) is 0 Å². The molecule has 0 radical (unpaired) electrons. The Hall–Kier alpha value is -0.0900. The molecule has 6 nitrogen and oxygen atoms in total. The van der Waals surface area contributed by atoms with Gasteiger partial charge in [-0.15, -0.1) is 24.0 Å². The van der Waals surface area contributed by atoms with Crippen molar-refractivity contribution in [2.24, 2.45) is 10.9 Å². The van der Waals surface area contributed by atoms with E-state index < -0.39 is 9.84 Å². The molecule has 26 heavy (non-hydrogen) atoms. The van der Waals surface area contributed by atoms with Crippen molar-refractivity contribution in [2.75, 3.05) is 44.2 Å². The van der Waals surface area contributed by atoms with Gasteiger partial charge in [-0.25, -0.2) is 8.42 Å². The second kappa shape index (κ2) is 8.94. The Labute approximate surface area is 175 Å². The molecule has 0 bridgehead atoms. The number of aliphatic imine (C=N–C) groups is 1. The molecular formula is C18H33IN4O2S. The normalized spacial score (nSPS) is 32.5. The average Bonchev–Trinajstić information content (AvgIpc) is 3.16. The molecule has 4 aliphatic rings. The SMILES string of the molecule is I.O=S1(=O)CCC(CN=C(NC2CC2)N2CCC(N3CCCCC3)C2)C1. The third kappa shape index (κ3) is 5.47. The van der Waals surface area contributed by atoms with Crippen LogP contribution in [0.15, 0.2) is 4.99 Å². The highest BCUT2D eigenvalue weighted by Gasteiger charge is 2.33. The predicted octanol–water partition coefficient (Wildman–Crippen LogP) is 1.71. The van der Waals surface area contributed by atoms with Crippen molar-refractivity contribution >= 4 is 39.8 Å². The number of piperidine rings is 1. The first-order valence-corrected chi connectivity index (χ1v) is 11.9. The number of halogens is 1. The maximum Gasteiger partial charge on any atom is 0.194 e. The first-order valence-electron chi connectivity index (χ1n) is 10.1. The fourth-order valence-corrected chi connectivity index (χ4v) is 6.24. The molecule has 2 atom stereocenters. The van der Waals surface area contributed by atoms with Crippen LogP contribution in [0.3, 0.4) is 0 Å². The smallest absolute Gasteiger partial charge is 0.194 e. The van der Waals surface area contributed by atoms with E-state index in [9.17, 15) is 8.42 Å². The third-order valence-corrected chi connectivity index (χ3v) is 7.94. The third-order valence-electron chi connectivity index (χ3n) is 6.11. The Morgan fingerprint density at radius 2 is 1.81 bits per heavy atom. The van der Waals surface area contributed by atoms with E-state index in [4.69, 9.17) is 4.99 Å². The first kappa shape index (κ1) is 20.6. The zero-order chi connectivity index (χ0) is 17.3. The quantitative estimate of drug-likeness (QED) is 0.365. The number of hydrogen-bond acceptors (Lipinski definition) is 4. The lowest BCUT2D eigenvalue weighted by molar-refractivity contribution is 0.168. The van der Waals surface area contributed by atoms with Crippen LogP contribution in [0.25, 0.3) is 0 Å². The Bertz CT molecular complexity index is 602. The summed E-state index contributed by atoms with van der Waals surface area (Å²) in [4.78, 5) is 9.95. The molecule has 8 heteroatoms. The van der Waals surface area contributed by atoms with E-state index in [1.165, 1.54) is 51.6 Å². The van der Waals surface area contributed by atoms with Gasteiger partial charge in [-0.3, -0.25) is 9.89 Å². The van der Waals surface area contributed by atoms with Crippen LogP contribution in [-0.2, 0) is 9.84 Å². The lowest BCUT2D eigenvalue weighted by atomic mass is 10.1. The Morgan fingerprint density at radius 1 is 1.04 bits per heavy atom. The summed E-state index contributed by atoms with van der Waals surface area (Å²) < 4.78 is 23.3. The van der Waals surface area contributed by atoms with Crippen LogP contribution in [0.4, 0.5) is 0 Å². The van der Waals surface area contributed by atoms with Crippen LogP contribution >= 0.6 is 24.0 Å². The predicted molar refractivity (Wildman–Crippen MR) is 116 cm³/mol. The number of rotatable bonds is 4. The molecule has 0 aromatic rings. The summed E-state index contributed by atoms with van der Waals surface area (Å²) in [7, 11) is -2.81. The minimum atomic E-state index is -2.81. The standard InChI is InChI=1S/C18H32N4O2S.HI/c23-25(24)11-7-15(14-25)12-19-18(20-16-4-5-16)22-10-6-17(13-22)21-8-2-1-3-9-21;/h15-17H,1-14H2,(H,19,20);1H. The first-order chi connectivity index (χ1) is 12.1. The van der Waals surface area contributed by atoms with Gasteiger partial charge in [0.2, 0.25) is 0 Å². The number of nitrogens with zero attached hydrogens (tertiary/aromatic N) is 3. The number of sulfone groups is 1. The van der Waals surface area contributed by atoms with Crippen LogP contribution in [-0.4, -0.2) is 80.5 Å². The molecule has 1 saturated carbocycles. The van der Waals surface area contributed by atoms with E-state index in [1.54, 1.807) is 0 Å². The highest BCUT2D eigenvalue weighted by Crippen LogP contribution is 2.24. The molecule has 0 amide bonds. The van der Waals surface area contributed by atoms with Gasteiger partial charge in [-0.1, -0.05) is 6.42 Å². The summed E-state index contributed by atoms with van der Waals surface area (Å²) >= 11 is 0. The van der Waals surface area contributed by atoms with E-state index in [1.807, 2.05) is 0 Å². The molecule has 4 rings (SSSR count). The second-order valence-corrected chi connectivity index (χ2v) is 10.6. The highest BCUT2D eigenvalue weighted by molar-refractivity contribution is 14.0. The van der Waals surface area contributed by atoms with Crippen molar-refractivity contribution in [3.05, 3.63) is 0 Å². The largest absolute Gasteiger partial charge is 0.354 e. The Balaban J connectivity index is 0.00000196. The minimum Gasteiger partial charge on any atom is -0.354 e. The van der Waals surface area contributed by atoms with Crippen LogP contribution in [0.2, 0.25) is 0 Å². The van der Waals surface area contributed by atoms with E-state index >= 15 is 0 Å². The minimum absolute atomic E-state index is 0. The van der Waals surface area contributed by atoms with Gasteiger partial charge in [-0.05, 0) is 57.5 Å². The molecule has 1 N–H and O–H groups in total. The molecule has 2 unspecified atom stereocenters. The highest BCUT2D eigenvalue weighted by atomic mass is 127. The monoisotopic (exact) mass is 496 g/mol. The number of hydrogen-bond donors (Lipinski definition) is 1. The summed E-state index contributed by atoms with van der Waals surface area (Å²) in [6, 6.07) is 1.25. The van der Waals surface area contributed by atoms with Crippen molar-refractivity contribution in [1.82, 2.24) is 15.1 Å². The number of likely N-dealkylation sites (tertiary alicyclic amines) is 2. The van der Waals surface area contributed by atoms with Gasteiger partial charge in [0.1, 0.15) is 0 Å². The number of guanidine groups is 1. The molecule has 4 fully saturated rings. The second-order valence-electron chi connectivity index (χ2n) is 8.34. The van der Waals surface area contributed by atoms with Crippen LogP contribution in [0, 0.1) is 5.92 Å². The fraction of sp³-hybridized carbons (Fsp3) is 0.944. The molecular weight excluding hydrogens is 463 g/mol. The van der Waals surface area contributed by atoms with Crippen molar-refractivity contribution in [2.45, 2.75) is 57.0 Å². The number of nitrogens with one attached hydrogen (secondary N) is 1. The Kier molecular flexibility index (Phi) is 7.10. The molecule has 150 valence electrons. The summed E-state index contributed by atoms with van der Waals surface area (Å²) in [6.07, 6.45) is 8.54. The lowest BCUT2D eigenvalue weighted by Crippen LogP contribution is -2.45. The Morgan fingerprint density at radius 3 is 2.46 bits per heavy atom. The van der Waals surface area contributed by atoms with Gasteiger partial charge in [0, 0.05) is 31.7 Å². The fourth-order valence-electron chi connectivity index (χ4n) is 4.39. The average molecular weight is 496 g/mol. The van der Waals surface area contributed by atoms with Crippen molar-refractivity contribution < 1.29 is 8.42 Å². The van der Waals surface area contributed by atoms with Crippen molar-refractivity contribution in [3.8, 4) is 0 Å². The maximum atomic E-state index is 11.7. The summed E-state index contributed by atoms with van der Waals surface area (Å²) in [5.41, 5.74) is 0. The molecule has 3 heterocycles. The summed E-state index contributed by atoms with van der Waals surface area (Å²) in [5, 5.41) is 3.61. The van der Waals surface area contributed by atoms with Gasteiger partial charge >= 0.3 is 0 Å². The van der Waals surface area contributed by atoms with E-state index in [0.29, 0.717) is 30.1 Å². The van der Waals surface area contributed by atoms with E-state index in [2.05, 4.69) is 15.1 Å². The van der Waals surface area contributed by atoms with Gasteiger partial charge < -0.3 is 10.2 Å². The van der Waals surface area contributed by atoms with Crippen LogP contribution in [0.1, 0.15) is 44.9 Å². The van der Waals surface area contributed by atoms with E-state index in [0.717, 1.165) is 25.5 Å². The summed E-state index contributed by atoms with van der Waals surface area (Å²) in [6.45, 7) is 5.30. The molecule has 3 aliphatic heterocycles. The van der Waals surface area contributed by atoms with Gasteiger partial charge in [0.15, 0.2) is 15.8 Å². The van der Waals surface area contributed by atoms with Gasteiger partial charge in [0.25, 0.3) is 0 Å². The van der Waals surface area contributed by atoms with Gasteiger partial charge in [-0.2, -0.15) is 0 Å². The van der Waals surface area contributed by atoms with Gasteiger partial charge in [0.05, 0.1) is 11.5 Å². The summed E-state index contributed by atoms with van der Waals surface area (Å²) in [5.74, 6) is 1.91. The zero-order valence-electron chi connectivity index (χ0n) is 15.6. The van der Waals surface area contributed by atoms with E-state index in [-0.39, 0.29) is 29.9 Å². The van der Waals surface area contributed by atoms with Crippen LogP contribution < -0.4 is 5.32 Å². The molecule has 1 aliphatic carbocycles. The van der Waals surface area contributed by atoms with Crippen LogP contribution in [0.5, 0.6) is 0 Å².